The Balaban J connectivity index is 2.20. The van der Waals surface area contributed by atoms with Crippen molar-refractivity contribution >= 4 is 27.3 Å². The average Bonchev–Trinajstić information content (AvgIpc) is 2.87. The normalized spacial score (nSPS) is 23.4. The van der Waals surface area contributed by atoms with Crippen molar-refractivity contribution in [3.63, 3.8) is 0 Å². The molecule has 0 aliphatic heterocycles. The molecule has 118 valence electrons. The van der Waals surface area contributed by atoms with Gasteiger partial charge in [-0.3, -0.25) is 4.79 Å². The summed E-state index contributed by atoms with van der Waals surface area (Å²) in [5.41, 5.74) is 0. The summed E-state index contributed by atoms with van der Waals surface area (Å²) in [5, 5.41) is 18.7. The van der Waals surface area contributed by atoms with Crippen LogP contribution in [0.4, 0.5) is 0 Å². The zero-order chi connectivity index (χ0) is 15.6. The van der Waals surface area contributed by atoms with Crippen LogP contribution in [0.25, 0.3) is 0 Å². The number of aliphatic hydroxyl groups excluding tert-OH is 1. The summed E-state index contributed by atoms with van der Waals surface area (Å²) < 4.78 is 26.5. The Kier molecular flexibility index (Phi) is 5.03. The van der Waals surface area contributed by atoms with Crippen molar-refractivity contribution in [1.82, 2.24) is 4.31 Å². The van der Waals surface area contributed by atoms with Gasteiger partial charge in [0.2, 0.25) is 0 Å². The van der Waals surface area contributed by atoms with Gasteiger partial charge in [0.15, 0.2) is 0 Å². The monoisotopic (exact) mass is 333 g/mol. The van der Waals surface area contributed by atoms with Gasteiger partial charge < -0.3 is 10.2 Å². The lowest BCUT2D eigenvalue weighted by atomic mass is 9.93. The second-order valence-corrected chi connectivity index (χ2v) is 8.62. The SMILES string of the molecule is CN(C1CCCCC1O)S(=O)(=O)c1ccc(CC(=O)O)s1. The molecule has 8 heteroatoms. The summed E-state index contributed by atoms with van der Waals surface area (Å²) in [6.45, 7) is 0. The number of aliphatic hydroxyl groups is 1. The van der Waals surface area contributed by atoms with Crippen molar-refractivity contribution in [2.75, 3.05) is 7.05 Å². The molecule has 1 saturated carbocycles. The smallest absolute Gasteiger partial charge is 0.308 e. The molecule has 2 rings (SSSR count). The van der Waals surface area contributed by atoms with Gasteiger partial charge in [-0.25, -0.2) is 8.42 Å². The first-order valence-electron chi connectivity index (χ1n) is 6.79. The average molecular weight is 333 g/mol. The first kappa shape index (κ1) is 16.4. The third-order valence-electron chi connectivity index (χ3n) is 3.76. The van der Waals surface area contributed by atoms with Crippen molar-refractivity contribution in [3.8, 4) is 0 Å². The maximum atomic E-state index is 12.6. The molecule has 2 N–H and O–H groups in total. The minimum absolute atomic E-state index is 0.124. The van der Waals surface area contributed by atoms with Crippen LogP contribution < -0.4 is 0 Å². The second-order valence-electron chi connectivity index (χ2n) is 5.23. The number of likely N-dealkylation sites (N-methyl/N-ethyl adjacent to an activating group) is 1. The van der Waals surface area contributed by atoms with Crippen LogP contribution in [0.2, 0.25) is 0 Å². The van der Waals surface area contributed by atoms with Crippen LogP contribution in [0.15, 0.2) is 16.3 Å². The molecule has 1 aliphatic rings. The van der Waals surface area contributed by atoms with E-state index < -0.39 is 28.1 Å². The number of nitrogens with zero attached hydrogens (tertiary/aromatic N) is 1. The number of rotatable bonds is 5. The molecule has 6 nitrogen and oxygen atoms in total. The highest BCUT2D eigenvalue weighted by Gasteiger charge is 2.34. The van der Waals surface area contributed by atoms with Crippen LogP contribution in [0, 0.1) is 0 Å². The molecular formula is C13H19NO5S2. The quantitative estimate of drug-likeness (QED) is 0.847. The van der Waals surface area contributed by atoms with Crippen molar-refractivity contribution in [3.05, 3.63) is 17.0 Å². The second kappa shape index (κ2) is 6.43. The molecule has 21 heavy (non-hydrogen) atoms. The number of hydrogen-bond acceptors (Lipinski definition) is 5. The van der Waals surface area contributed by atoms with Gasteiger partial charge in [-0.15, -0.1) is 11.3 Å². The van der Waals surface area contributed by atoms with Gasteiger partial charge in [0.05, 0.1) is 18.6 Å². The van der Waals surface area contributed by atoms with E-state index in [9.17, 15) is 18.3 Å². The van der Waals surface area contributed by atoms with E-state index in [1.54, 1.807) is 0 Å². The van der Waals surface area contributed by atoms with E-state index in [2.05, 4.69) is 0 Å². The predicted molar refractivity (Wildman–Crippen MR) is 78.9 cm³/mol. The third-order valence-corrected chi connectivity index (χ3v) is 7.19. The Hall–Kier alpha value is -0.960. The zero-order valence-corrected chi connectivity index (χ0v) is 13.4. The Bertz CT molecular complexity index is 610. The lowest BCUT2D eigenvalue weighted by molar-refractivity contribution is -0.136. The lowest BCUT2D eigenvalue weighted by Gasteiger charge is -2.34. The zero-order valence-electron chi connectivity index (χ0n) is 11.7. The number of sulfonamides is 1. The van der Waals surface area contributed by atoms with E-state index in [4.69, 9.17) is 5.11 Å². The molecule has 2 unspecified atom stereocenters. The number of aliphatic carboxylic acids is 1. The molecule has 0 bridgehead atoms. The van der Waals surface area contributed by atoms with E-state index in [1.165, 1.54) is 23.5 Å². The van der Waals surface area contributed by atoms with Gasteiger partial charge >= 0.3 is 5.97 Å². The largest absolute Gasteiger partial charge is 0.481 e. The summed E-state index contributed by atoms with van der Waals surface area (Å²) in [7, 11) is -2.21. The maximum absolute atomic E-state index is 12.6. The Morgan fingerprint density at radius 1 is 1.38 bits per heavy atom. The molecule has 1 fully saturated rings. The summed E-state index contributed by atoms with van der Waals surface area (Å²) in [6, 6.07) is 2.55. The van der Waals surface area contributed by atoms with Gasteiger partial charge in [-0.05, 0) is 25.0 Å². The summed E-state index contributed by atoms with van der Waals surface area (Å²) >= 11 is 0.970. The van der Waals surface area contributed by atoms with Gasteiger partial charge in [0, 0.05) is 11.9 Å². The highest BCUT2D eigenvalue weighted by molar-refractivity contribution is 7.91. The fourth-order valence-electron chi connectivity index (χ4n) is 2.58. The molecule has 1 heterocycles. The van der Waals surface area contributed by atoms with Gasteiger partial charge in [-0.1, -0.05) is 12.8 Å². The van der Waals surface area contributed by atoms with Crippen molar-refractivity contribution in [2.45, 2.75) is 48.5 Å². The highest BCUT2D eigenvalue weighted by atomic mass is 32.2. The Labute approximate surface area is 128 Å². The number of carbonyl (C=O) groups is 1. The molecule has 0 amide bonds. The summed E-state index contributed by atoms with van der Waals surface area (Å²) in [4.78, 5) is 11.2. The number of thiophene rings is 1. The molecular weight excluding hydrogens is 314 g/mol. The number of carboxylic acid groups (broad SMARTS) is 1. The maximum Gasteiger partial charge on any atom is 0.308 e. The first-order chi connectivity index (χ1) is 9.82. The molecule has 1 aliphatic carbocycles. The Morgan fingerprint density at radius 3 is 2.67 bits per heavy atom. The lowest BCUT2D eigenvalue weighted by Crippen LogP contribution is -2.45. The van der Waals surface area contributed by atoms with Gasteiger partial charge in [0.1, 0.15) is 4.21 Å². The van der Waals surface area contributed by atoms with Crippen molar-refractivity contribution in [2.24, 2.45) is 0 Å². The van der Waals surface area contributed by atoms with Crippen LogP contribution in [0.5, 0.6) is 0 Å². The van der Waals surface area contributed by atoms with Crippen molar-refractivity contribution < 1.29 is 23.4 Å². The van der Waals surface area contributed by atoms with E-state index >= 15 is 0 Å². The minimum atomic E-state index is -3.69. The fourth-order valence-corrected chi connectivity index (χ4v) is 5.52. The van der Waals surface area contributed by atoms with Crippen LogP contribution >= 0.6 is 11.3 Å². The van der Waals surface area contributed by atoms with Gasteiger partial charge in [0.25, 0.3) is 10.0 Å². The Morgan fingerprint density at radius 2 is 2.05 bits per heavy atom. The summed E-state index contributed by atoms with van der Waals surface area (Å²) in [6.07, 6.45) is 2.24. The molecule has 0 radical (unpaired) electrons. The van der Waals surface area contributed by atoms with Crippen LogP contribution in [0.1, 0.15) is 30.6 Å². The van der Waals surface area contributed by atoms with Crippen LogP contribution in [-0.2, 0) is 21.2 Å². The van der Waals surface area contributed by atoms with Crippen molar-refractivity contribution in [1.29, 1.82) is 0 Å². The molecule has 2 atom stereocenters. The molecule has 0 spiro atoms. The standard InChI is InChI=1S/C13H19NO5S2/c1-14(10-4-2-3-5-11(10)15)21(18,19)13-7-6-9(20-13)8-12(16)17/h6-7,10-11,15H,2-5,8H2,1H3,(H,16,17). The number of carboxylic acids is 1. The van der Waals surface area contributed by atoms with Gasteiger partial charge in [-0.2, -0.15) is 4.31 Å². The first-order valence-corrected chi connectivity index (χ1v) is 9.04. The molecule has 1 aromatic heterocycles. The predicted octanol–water partition coefficient (Wildman–Crippen LogP) is 1.30. The fraction of sp³-hybridized carbons (Fsp3) is 0.615. The number of hydrogen-bond donors (Lipinski definition) is 2. The third kappa shape index (κ3) is 3.63. The minimum Gasteiger partial charge on any atom is -0.481 e. The highest BCUT2D eigenvalue weighted by Crippen LogP contribution is 2.30. The molecule has 0 aromatic carbocycles. The van der Waals surface area contributed by atoms with E-state index in [0.717, 1.165) is 24.2 Å². The van der Waals surface area contributed by atoms with E-state index in [-0.39, 0.29) is 10.6 Å². The summed E-state index contributed by atoms with van der Waals surface area (Å²) in [5.74, 6) is -0.989. The topological polar surface area (TPSA) is 94.9 Å². The van der Waals surface area contributed by atoms with E-state index in [0.29, 0.717) is 17.7 Å². The van der Waals surface area contributed by atoms with E-state index in [1.807, 2.05) is 0 Å². The molecule has 0 saturated heterocycles. The van der Waals surface area contributed by atoms with Crippen LogP contribution in [0.3, 0.4) is 0 Å². The van der Waals surface area contributed by atoms with Crippen LogP contribution in [-0.4, -0.2) is 48.1 Å². The molecule has 1 aromatic rings.